The number of carboxylic acid groups (broad SMARTS) is 1. The van der Waals surface area contributed by atoms with Crippen LogP contribution < -0.4 is 5.73 Å². The normalized spacial score (nSPS) is 26.9. The van der Waals surface area contributed by atoms with Crippen molar-refractivity contribution in [1.82, 2.24) is 0 Å². The third-order valence-corrected chi connectivity index (χ3v) is 2.81. The number of benzene rings is 1. The molecule has 0 aromatic heterocycles. The standard InChI is InChI=1S/C11H13NO2/c12-10(11(13)14)9-6-8(9)7-4-2-1-3-5-7/h1-5,8-10H,6,12H2,(H,13,14). The van der Waals surface area contributed by atoms with Crippen molar-refractivity contribution in [3.63, 3.8) is 0 Å². The summed E-state index contributed by atoms with van der Waals surface area (Å²) in [5, 5.41) is 8.73. The van der Waals surface area contributed by atoms with E-state index in [9.17, 15) is 4.79 Å². The molecule has 3 heteroatoms. The number of rotatable bonds is 3. The maximum Gasteiger partial charge on any atom is 0.320 e. The van der Waals surface area contributed by atoms with Gasteiger partial charge in [-0.2, -0.15) is 0 Å². The van der Waals surface area contributed by atoms with Crippen molar-refractivity contribution in [2.75, 3.05) is 0 Å². The number of aliphatic carboxylic acids is 1. The van der Waals surface area contributed by atoms with Crippen molar-refractivity contribution >= 4 is 5.97 Å². The highest BCUT2D eigenvalue weighted by Gasteiger charge is 2.45. The fourth-order valence-electron chi connectivity index (χ4n) is 1.88. The van der Waals surface area contributed by atoms with Crippen molar-refractivity contribution < 1.29 is 9.90 Å². The van der Waals surface area contributed by atoms with Crippen LogP contribution in [-0.4, -0.2) is 17.1 Å². The third-order valence-electron chi connectivity index (χ3n) is 2.81. The Morgan fingerprint density at radius 3 is 2.64 bits per heavy atom. The van der Waals surface area contributed by atoms with E-state index >= 15 is 0 Å². The molecule has 2 rings (SSSR count). The number of hydrogen-bond acceptors (Lipinski definition) is 2. The van der Waals surface area contributed by atoms with E-state index in [1.807, 2.05) is 30.3 Å². The highest BCUT2D eigenvalue weighted by atomic mass is 16.4. The molecule has 0 aliphatic heterocycles. The first-order chi connectivity index (χ1) is 6.70. The molecule has 1 aromatic carbocycles. The van der Waals surface area contributed by atoms with Crippen LogP contribution in [0.1, 0.15) is 17.9 Å². The number of hydrogen-bond donors (Lipinski definition) is 2. The first kappa shape index (κ1) is 9.21. The van der Waals surface area contributed by atoms with Gasteiger partial charge in [0.15, 0.2) is 0 Å². The highest BCUT2D eigenvalue weighted by Crippen LogP contribution is 2.48. The summed E-state index contributed by atoms with van der Waals surface area (Å²) < 4.78 is 0. The van der Waals surface area contributed by atoms with Crippen molar-refractivity contribution in [2.45, 2.75) is 18.4 Å². The molecule has 0 heterocycles. The van der Waals surface area contributed by atoms with E-state index in [4.69, 9.17) is 10.8 Å². The van der Waals surface area contributed by atoms with Crippen LogP contribution >= 0.6 is 0 Å². The minimum absolute atomic E-state index is 0.120. The van der Waals surface area contributed by atoms with E-state index in [0.717, 1.165) is 6.42 Å². The molecular formula is C11H13NO2. The maximum atomic E-state index is 10.6. The van der Waals surface area contributed by atoms with Gasteiger partial charge >= 0.3 is 5.97 Å². The Labute approximate surface area is 82.5 Å². The third kappa shape index (κ3) is 1.63. The van der Waals surface area contributed by atoms with Gasteiger partial charge in [-0.3, -0.25) is 4.79 Å². The van der Waals surface area contributed by atoms with Crippen LogP contribution in [0.15, 0.2) is 30.3 Å². The Morgan fingerprint density at radius 1 is 1.43 bits per heavy atom. The molecule has 0 spiro atoms. The second-order valence-corrected chi connectivity index (χ2v) is 3.78. The number of carboxylic acids is 1. The predicted octanol–water partition coefficient (Wildman–Crippen LogP) is 1.20. The van der Waals surface area contributed by atoms with Gasteiger partial charge in [-0.15, -0.1) is 0 Å². The summed E-state index contributed by atoms with van der Waals surface area (Å²) in [7, 11) is 0. The Morgan fingerprint density at radius 2 is 2.07 bits per heavy atom. The summed E-state index contributed by atoms with van der Waals surface area (Å²) in [5.74, 6) is -0.425. The summed E-state index contributed by atoms with van der Waals surface area (Å²) in [6, 6.07) is 9.24. The predicted molar refractivity (Wildman–Crippen MR) is 52.9 cm³/mol. The molecule has 0 radical (unpaired) electrons. The lowest BCUT2D eigenvalue weighted by Crippen LogP contribution is -2.32. The summed E-state index contributed by atoms with van der Waals surface area (Å²) in [6.07, 6.45) is 0.900. The lowest BCUT2D eigenvalue weighted by Gasteiger charge is -2.04. The SMILES string of the molecule is NC(C(=O)O)C1CC1c1ccccc1. The topological polar surface area (TPSA) is 63.3 Å². The second-order valence-electron chi connectivity index (χ2n) is 3.78. The van der Waals surface area contributed by atoms with E-state index in [2.05, 4.69) is 0 Å². The van der Waals surface area contributed by atoms with E-state index in [1.54, 1.807) is 0 Å². The van der Waals surface area contributed by atoms with Gasteiger partial charge in [0.05, 0.1) is 0 Å². The van der Waals surface area contributed by atoms with Gasteiger partial charge in [0.1, 0.15) is 6.04 Å². The van der Waals surface area contributed by atoms with Crippen LogP contribution in [0, 0.1) is 5.92 Å². The molecule has 3 N–H and O–H groups in total. The van der Waals surface area contributed by atoms with Crippen molar-refractivity contribution in [3.8, 4) is 0 Å². The van der Waals surface area contributed by atoms with Gasteiger partial charge in [0.2, 0.25) is 0 Å². The van der Waals surface area contributed by atoms with Crippen LogP contribution in [0.4, 0.5) is 0 Å². The average Bonchev–Trinajstić information content (AvgIpc) is 2.97. The fraction of sp³-hybridized carbons (Fsp3) is 0.364. The van der Waals surface area contributed by atoms with Gasteiger partial charge < -0.3 is 10.8 Å². The molecular weight excluding hydrogens is 178 g/mol. The first-order valence-electron chi connectivity index (χ1n) is 4.73. The average molecular weight is 191 g/mol. The van der Waals surface area contributed by atoms with Crippen molar-refractivity contribution in [1.29, 1.82) is 0 Å². The van der Waals surface area contributed by atoms with E-state index in [0.29, 0.717) is 5.92 Å². The molecule has 0 amide bonds. The van der Waals surface area contributed by atoms with E-state index < -0.39 is 12.0 Å². The molecule has 1 fully saturated rings. The summed E-state index contributed by atoms with van der Waals surface area (Å²) in [4.78, 5) is 10.6. The molecule has 74 valence electrons. The van der Waals surface area contributed by atoms with Crippen LogP contribution in [0.5, 0.6) is 0 Å². The molecule has 1 aliphatic rings. The molecule has 3 atom stereocenters. The largest absolute Gasteiger partial charge is 0.480 e. The Kier molecular flexibility index (Phi) is 2.25. The van der Waals surface area contributed by atoms with E-state index in [-0.39, 0.29) is 5.92 Å². The molecule has 0 bridgehead atoms. The van der Waals surface area contributed by atoms with Gasteiger partial charge in [0.25, 0.3) is 0 Å². The molecule has 14 heavy (non-hydrogen) atoms. The zero-order valence-corrected chi connectivity index (χ0v) is 7.76. The minimum atomic E-state index is -0.895. The molecule has 3 nitrogen and oxygen atoms in total. The monoisotopic (exact) mass is 191 g/mol. The summed E-state index contributed by atoms with van der Waals surface area (Å²) in [5.41, 5.74) is 6.75. The molecule has 0 saturated heterocycles. The molecule has 1 aromatic rings. The molecule has 1 aliphatic carbocycles. The van der Waals surface area contributed by atoms with Crippen LogP contribution in [0.25, 0.3) is 0 Å². The van der Waals surface area contributed by atoms with Crippen LogP contribution in [-0.2, 0) is 4.79 Å². The van der Waals surface area contributed by atoms with Crippen LogP contribution in [0.2, 0.25) is 0 Å². The summed E-state index contributed by atoms with van der Waals surface area (Å²) in [6.45, 7) is 0. The quantitative estimate of drug-likeness (QED) is 0.754. The molecule has 3 unspecified atom stereocenters. The minimum Gasteiger partial charge on any atom is -0.480 e. The Balaban J connectivity index is 2.03. The van der Waals surface area contributed by atoms with Gasteiger partial charge in [-0.25, -0.2) is 0 Å². The van der Waals surface area contributed by atoms with Gasteiger partial charge in [-0.1, -0.05) is 30.3 Å². The van der Waals surface area contributed by atoms with Crippen molar-refractivity contribution in [2.24, 2.45) is 11.7 Å². The lowest BCUT2D eigenvalue weighted by atomic mass is 10.1. The van der Waals surface area contributed by atoms with E-state index in [1.165, 1.54) is 5.56 Å². The highest BCUT2D eigenvalue weighted by molar-refractivity contribution is 5.74. The van der Waals surface area contributed by atoms with Gasteiger partial charge in [0, 0.05) is 0 Å². The summed E-state index contributed by atoms with van der Waals surface area (Å²) >= 11 is 0. The lowest BCUT2D eigenvalue weighted by molar-refractivity contribution is -0.139. The number of nitrogens with two attached hydrogens (primary N) is 1. The Hall–Kier alpha value is -1.35. The second kappa shape index (κ2) is 3.42. The Bertz CT molecular complexity index is 336. The smallest absolute Gasteiger partial charge is 0.320 e. The van der Waals surface area contributed by atoms with Crippen molar-refractivity contribution in [3.05, 3.63) is 35.9 Å². The molecule has 1 saturated carbocycles. The zero-order valence-electron chi connectivity index (χ0n) is 7.76. The fourth-order valence-corrected chi connectivity index (χ4v) is 1.88. The number of carbonyl (C=O) groups is 1. The van der Waals surface area contributed by atoms with Crippen LogP contribution in [0.3, 0.4) is 0 Å². The first-order valence-corrected chi connectivity index (χ1v) is 4.73. The zero-order chi connectivity index (χ0) is 10.1. The maximum absolute atomic E-state index is 10.6. The van der Waals surface area contributed by atoms with Gasteiger partial charge in [-0.05, 0) is 23.8 Å².